The minimum absolute atomic E-state index is 0.123. The Morgan fingerprint density at radius 2 is 1.76 bits per heavy atom. The average molecular weight is 298 g/mol. The van der Waals surface area contributed by atoms with Crippen LogP contribution in [-0.2, 0) is 13.2 Å². The highest BCUT2D eigenvalue weighted by molar-refractivity contribution is 5.53. The lowest BCUT2D eigenvalue weighted by Crippen LogP contribution is -2.19. The smallest absolute Gasteiger partial charge is 0.131 e. The second-order valence-electron chi connectivity index (χ2n) is 5.44. The quantitative estimate of drug-likeness (QED) is 0.680. The molecule has 5 nitrogen and oxygen atoms in total. The van der Waals surface area contributed by atoms with Crippen LogP contribution in [0.1, 0.15) is 30.5 Å². The van der Waals surface area contributed by atoms with E-state index in [1.54, 1.807) is 6.07 Å². The van der Waals surface area contributed by atoms with Crippen molar-refractivity contribution in [2.45, 2.75) is 34.0 Å². The molecule has 0 heterocycles. The van der Waals surface area contributed by atoms with E-state index < -0.39 is 0 Å². The van der Waals surface area contributed by atoms with Gasteiger partial charge in [-0.15, -0.1) is 0 Å². The third kappa shape index (κ3) is 4.09. The fourth-order valence-electron chi connectivity index (χ4n) is 2.14. The molecule has 0 spiro atoms. The van der Waals surface area contributed by atoms with Gasteiger partial charge in [-0.3, -0.25) is 0 Å². The van der Waals surface area contributed by atoms with Crippen LogP contribution < -0.4 is 9.47 Å². The maximum absolute atomic E-state index is 9.44. The Bertz CT molecular complexity index is 458. The summed E-state index contributed by atoms with van der Waals surface area (Å²) in [5, 5.41) is 28.0. The van der Waals surface area contributed by atoms with Crippen molar-refractivity contribution in [3.05, 3.63) is 22.8 Å². The maximum Gasteiger partial charge on any atom is 0.131 e. The summed E-state index contributed by atoms with van der Waals surface area (Å²) in [4.78, 5) is 0. The highest BCUT2D eigenvalue weighted by Crippen LogP contribution is 2.35. The van der Waals surface area contributed by atoms with Crippen LogP contribution in [0.3, 0.4) is 0 Å². The van der Waals surface area contributed by atoms with Crippen LogP contribution >= 0.6 is 0 Å². The number of ether oxygens (including phenoxy) is 2. The summed E-state index contributed by atoms with van der Waals surface area (Å²) in [7, 11) is 1.53. The Balaban J connectivity index is 3.02. The summed E-state index contributed by atoms with van der Waals surface area (Å²) in [5.74, 6) is 1.53. The number of hydrogen-bond donors (Lipinski definition) is 3. The first-order valence-corrected chi connectivity index (χ1v) is 7.14. The van der Waals surface area contributed by atoms with Crippen molar-refractivity contribution in [3.63, 3.8) is 0 Å². The van der Waals surface area contributed by atoms with E-state index in [0.717, 1.165) is 5.56 Å². The van der Waals surface area contributed by atoms with Crippen LogP contribution in [-0.4, -0.2) is 35.6 Å². The van der Waals surface area contributed by atoms with Crippen LogP contribution in [0.25, 0.3) is 0 Å². The Hall–Kier alpha value is -1.30. The van der Waals surface area contributed by atoms with Crippen molar-refractivity contribution in [1.82, 2.24) is 0 Å². The van der Waals surface area contributed by atoms with Gasteiger partial charge in [0.25, 0.3) is 0 Å². The fourth-order valence-corrected chi connectivity index (χ4v) is 2.14. The van der Waals surface area contributed by atoms with Gasteiger partial charge >= 0.3 is 0 Å². The molecule has 0 aliphatic carbocycles. The van der Waals surface area contributed by atoms with Crippen LogP contribution in [0.2, 0.25) is 0 Å². The molecule has 0 radical (unpaired) electrons. The van der Waals surface area contributed by atoms with Crippen molar-refractivity contribution >= 4 is 0 Å². The summed E-state index contributed by atoms with van der Waals surface area (Å²) in [5.41, 5.74) is 1.97. The third-order valence-electron chi connectivity index (χ3n) is 3.97. The van der Waals surface area contributed by atoms with E-state index in [1.165, 1.54) is 7.11 Å². The monoisotopic (exact) mass is 298 g/mol. The molecule has 5 heteroatoms. The normalized spacial score (nSPS) is 13.9. The summed E-state index contributed by atoms with van der Waals surface area (Å²) in [6.07, 6.45) is 0. The SMILES string of the molecule is COc1c(C)c(OC[C@@H](C)[C@@H](C)CO)cc(CO)c1CO. The molecule has 3 N–H and O–H groups in total. The number of benzene rings is 1. The van der Waals surface area contributed by atoms with E-state index in [9.17, 15) is 10.2 Å². The lowest BCUT2D eigenvalue weighted by Gasteiger charge is -2.21. The molecule has 0 aromatic heterocycles. The van der Waals surface area contributed by atoms with Gasteiger partial charge in [-0.05, 0) is 30.4 Å². The number of aliphatic hydroxyl groups is 3. The Morgan fingerprint density at radius 1 is 1.10 bits per heavy atom. The first kappa shape index (κ1) is 17.8. The highest BCUT2D eigenvalue weighted by atomic mass is 16.5. The zero-order chi connectivity index (χ0) is 16.0. The van der Waals surface area contributed by atoms with E-state index >= 15 is 0 Å². The van der Waals surface area contributed by atoms with Gasteiger partial charge in [0.15, 0.2) is 0 Å². The minimum Gasteiger partial charge on any atom is -0.496 e. The molecule has 1 aromatic carbocycles. The molecule has 0 amide bonds. The van der Waals surface area contributed by atoms with E-state index in [4.69, 9.17) is 14.6 Å². The van der Waals surface area contributed by atoms with Crippen molar-refractivity contribution in [1.29, 1.82) is 0 Å². The number of methoxy groups -OCH3 is 1. The molecular formula is C16H26O5. The molecule has 0 aliphatic heterocycles. The first-order valence-electron chi connectivity index (χ1n) is 7.14. The molecule has 0 fully saturated rings. The second-order valence-corrected chi connectivity index (χ2v) is 5.44. The zero-order valence-electron chi connectivity index (χ0n) is 13.2. The van der Waals surface area contributed by atoms with Crippen molar-refractivity contribution in [3.8, 4) is 11.5 Å². The molecule has 2 atom stereocenters. The van der Waals surface area contributed by atoms with Gasteiger partial charge in [-0.25, -0.2) is 0 Å². The fraction of sp³-hybridized carbons (Fsp3) is 0.625. The molecule has 0 bridgehead atoms. The van der Waals surface area contributed by atoms with Crippen LogP contribution in [0.4, 0.5) is 0 Å². The van der Waals surface area contributed by atoms with Crippen LogP contribution in [0, 0.1) is 18.8 Å². The van der Waals surface area contributed by atoms with Crippen molar-refractivity contribution in [2.75, 3.05) is 20.3 Å². The van der Waals surface area contributed by atoms with E-state index in [1.807, 2.05) is 20.8 Å². The number of rotatable bonds is 8. The van der Waals surface area contributed by atoms with Gasteiger partial charge in [0, 0.05) is 17.7 Å². The molecule has 120 valence electrons. The molecule has 1 rings (SSSR count). The third-order valence-corrected chi connectivity index (χ3v) is 3.97. The van der Waals surface area contributed by atoms with E-state index in [0.29, 0.717) is 29.2 Å². The largest absolute Gasteiger partial charge is 0.496 e. The summed E-state index contributed by atoms with van der Waals surface area (Å²) < 4.78 is 11.2. The van der Waals surface area contributed by atoms with Gasteiger partial charge in [-0.1, -0.05) is 13.8 Å². The Kier molecular flexibility index (Phi) is 6.95. The Morgan fingerprint density at radius 3 is 2.24 bits per heavy atom. The summed E-state index contributed by atoms with van der Waals surface area (Å²) >= 11 is 0. The van der Waals surface area contributed by atoms with Gasteiger partial charge in [-0.2, -0.15) is 0 Å². The van der Waals surface area contributed by atoms with Gasteiger partial charge in [0.05, 0.1) is 26.9 Å². The molecule has 0 saturated heterocycles. The first-order chi connectivity index (χ1) is 9.99. The van der Waals surface area contributed by atoms with Crippen molar-refractivity contribution < 1.29 is 24.8 Å². The summed E-state index contributed by atoms with van der Waals surface area (Å²) in [6.45, 7) is 6.05. The Labute approximate surface area is 126 Å². The number of hydrogen-bond acceptors (Lipinski definition) is 5. The van der Waals surface area contributed by atoms with Crippen LogP contribution in [0.5, 0.6) is 11.5 Å². The molecular weight excluding hydrogens is 272 g/mol. The predicted octanol–water partition coefficient (Wildman–Crippen LogP) is 1.63. The van der Waals surface area contributed by atoms with E-state index in [-0.39, 0.29) is 31.7 Å². The topological polar surface area (TPSA) is 79.2 Å². The van der Waals surface area contributed by atoms with Gasteiger partial charge in [0.1, 0.15) is 11.5 Å². The van der Waals surface area contributed by atoms with Crippen LogP contribution in [0.15, 0.2) is 6.07 Å². The lowest BCUT2D eigenvalue weighted by molar-refractivity contribution is 0.150. The lowest BCUT2D eigenvalue weighted by atomic mass is 9.98. The second kappa shape index (κ2) is 8.22. The molecule has 0 aliphatic rings. The highest BCUT2D eigenvalue weighted by Gasteiger charge is 2.18. The zero-order valence-corrected chi connectivity index (χ0v) is 13.2. The maximum atomic E-state index is 9.44. The molecule has 21 heavy (non-hydrogen) atoms. The standard InChI is InChI=1S/C16H26O5/c1-10(6-17)11(2)9-21-15-5-13(7-18)14(8-19)16(20-4)12(15)3/h5,10-11,17-19H,6-9H2,1-4H3/t10-,11+/m0/s1. The molecule has 0 unspecified atom stereocenters. The van der Waals surface area contributed by atoms with Gasteiger partial charge < -0.3 is 24.8 Å². The predicted molar refractivity (Wildman–Crippen MR) is 80.5 cm³/mol. The molecule has 0 saturated carbocycles. The van der Waals surface area contributed by atoms with E-state index in [2.05, 4.69) is 0 Å². The minimum atomic E-state index is -0.196. The van der Waals surface area contributed by atoms with Crippen molar-refractivity contribution in [2.24, 2.45) is 11.8 Å². The number of aliphatic hydroxyl groups excluding tert-OH is 3. The van der Waals surface area contributed by atoms with Gasteiger partial charge in [0.2, 0.25) is 0 Å². The average Bonchev–Trinajstić information content (AvgIpc) is 2.51. The molecule has 1 aromatic rings. The summed E-state index contributed by atoms with van der Waals surface area (Å²) in [6, 6.07) is 1.74.